The average Bonchev–Trinajstić information content (AvgIpc) is 2.83. The summed E-state index contributed by atoms with van der Waals surface area (Å²) in [6.45, 7) is 8.36. The summed E-state index contributed by atoms with van der Waals surface area (Å²) in [5.41, 5.74) is 0.178. The molecule has 1 unspecified atom stereocenters. The Kier molecular flexibility index (Phi) is 4.99. The van der Waals surface area contributed by atoms with Gasteiger partial charge in [0.15, 0.2) is 11.7 Å². The standard InChI is InChI=1S/C15H26N2O2/c1-15(2,3)17-9-6-8-14-16-11-13(19-14)12-7-4-5-10-18-12/h11-12,17H,4-10H2,1-3H3. The molecule has 2 rings (SSSR count). The normalized spacial score (nSPS) is 20.7. The van der Waals surface area contributed by atoms with Crippen LogP contribution >= 0.6 is 0 Å². The van der Waals surface area contributed by atoms with Crippen molar-refractivity contribution >= 4 is 0 Å². The third-order valence-electron chi connectivity index (χ3n) is 3.29. The van der Waals surface area contributed by atoms with E-state index in [1.807, 2.05) is 6.20 Å². The maximum atomic E-state index is 5.79. The topological polar surface area (TPSA) is 47.3 Å². The number of nitrogens with zero attached hydrogens (tertiary/aromatic N) is 1. The lowest BCUT2D eigenvalue weighted by atomic mass is 10.1. The lowest BCUT2D eigenvalue weighted by Crippen LogP contribution is -2.36. The van der Waals surface area contributed by atoms with Gasteiger partial charge >= 0.3 is 0 Å². The number of ether oxygens (including phenoxy) is 1. The summed E-state index contributed by atoms with van der Waals surface area (Å²) in [5, 5.41) is 3.47. The highest BCUT2D eigenvalue weighted by Gasteiger charge is 2.20. The predicted octanol–water partition coefficient (Wildman–Crippen LogP) is 3.24. The van der Waals surface area contributed by atoms with Gasteiger partial charge in [-0.2, -0.15) is 0 Å². The second-order valence-corrected chi connectivity index (χ2v) is 6.29. The molecule has 0 amide bonds. The van der Waals surface area contributed by atoms with Gasteiger partial charge in [0.2, 0.25) is 0 Å². The Morgan fingerprint density at radius 3 is 2.89 bits per heavy atom. The van der Waals surface area contributed by atoms with Crippen molar-refractivity contribution in [1.29, 1.82) is 0 Å². The van der Waals surface area contributed by atoms with Gasteiger partial charge in [0.1, 0.15) is 6.10 Å². The summed E-state index contributed by atoms with van der Waals surface area (Å²) in [7, 11) is 0. The first kappa shape index (κ1) is 14.5. The summed E-state index contributed by atoms with van der Waals surface area (Å²) in [4.78, 5) is 4.35. The van der Waals surface area contributed by atoms with E-state index in [9.17, 15) is 0 Å². The number of hydrogen-bond donors (Lipinski definition) is 1. The molecular formula is C15H26N2O2. The van der Waals surface area contributed by atoms with Gasteiger partial charge in [-0.25, -0.2) is 4.98 Å². The third kappa shape index (κ3) is 4.96. The molecule has 2 heterocycles. The maximum absolute atomic E-state index is 5.79. The van der Waals surface area contributed by atoms with Crippen molar-refractivity contribution in [1.82, 2.24) is 10.3 Å². The third-order valence-corrected chi connectivity index (χ3v) is 3.29. The van der Waals surface area contributed by atoms with Gasteiger partial charge in [0, 0.05) is 18.6 Å². The van der Waals surface area contributed by atoms with Crippen molar-refractivity contribution < 1.29 is 9.15 Å². The van der Waals surface area contributed by atoms with Crippen LogP contribution in [-0.2, 0) is 11.2 Å². The van der Waals surface area contributed by atoms with Gasteiger partial charge in [-0.05, 0) is 53.0 Å². The van der Waals surface area contributed by atoms with E-state index < -0.39 is 0 Å². The minimum Gasteiger partial charge on any atom is -0.443 e. The molecular weight excluding hydrogens is 240 g/mol. The van der Waals surface area contributed by atoms with E-state index in [-0.39, 0.29) is 11.6 Å². The van der Waals surface area contributed by atoms with Crippen molar-refractivity contribution in [3.63, 3.8) is 0 Å². The Hall–Kier alpha value is -0.870. The van der Waals surface area contributed by atoms with Crippen LogP contribution in [0.25, 0.3) is 0 Å². The monoisotopic (exact) mass is 266 g/mol. The van der Waals surface area contributed by atoms with Crippen LogP contribution in [0.3, 0.4) is 0 Å². The van der Waals surface area contributed by atoms with E-state index >= 15 is 0 Å². The zero-order chi connectivity index (χ0) is 13.7. The summed E-state index contributed by atoms with van der Waals surface area (Å²) in [5.74, 6) is 1.73. The fourth-order valence-corrected chi connectivity index (χ4v) is 2.26. The van der Waals surface area contributed by atoms with Gasteiger partial charge in [-0.15, -0.1) is 0 Å². The minimum absolute atomic E-state index is 0.128. The lowest BCUT2D eigenvalue weighted by Gasteiger charge is -2.20. The van der Waals surface area contributed by atoms with Gasteiger partial charge < -0.3 is 14.5 Å². The van der Waals surface area contributed by atoms with Crippen molar-refractivity contribution in [2.75, 3.05) is 13.2 Å². The van der Waals surface area contributed by atoms with E-state index in [0.29, 0.717) is 0 Å². The Morgan fingerprint density at radius 2 is 2.21 bits per heavy atom. The number of aromatic nitrogens is 1. The molecule has 4 nitrogen and oxygen atoms in total. The maximum Gasteiger partial charge on any atom is 0.194 e. The molecule has 1 aliphatic rings. The Bertz CT molecular complexity index is 376. The van der Waals surface area contributed by atoms with E-state index in [2.05, 4.69) is 31.1 Å². The van der Waals surface area contributed by atoms with Crippen LogP contribution < -0.4 is 5.32 Å². The first-order valence-electron chi connectivity index (χ1n) is 7.36. The summed E-state index contributed by atoms with van der Waals surface area (Å²) < 4.78 is 11.5. The Morgan fingerprint density at radius 1 is 1.37 bits per heavy atom. The van der Waals surface area contributed by atoms with E-state index in [1.165, 1.54) is 6.42 Å². The summed E-state index contributed by atoms with van der Waals surface area (Å²) in [6, 6.07) is 0. The lowest BCUT2D eigenvalue weighted by molar-refractivity contribution is 0.00127. The van der Waals surface area contributed by atoms with E-state index in [1.54, 1.807) is 0 Å². The van der Waals surface area contributed by atoms with Crippen LogP contribution in [0.4, 0.5) is 0 Å². The number of oxazole rings is 1. The molecule has 1 saturated heterocycles. The number of hydrogen-bond acceptors (Lipinski definition) is 4. The Balaban J connectivity index is 1.74. The van der Waals surface area contributed by atoms with Crippen LogP contribution in [0, 0.1) is 0 Å². The highest BCUT2D eigenvalue weighted by Crippen LogP contribution is 2.28. The van der Waals surface area contributed by atoms with Gasteiger partial charge in [0.05, 0.1) is 6.20 Å². The zero-order valence-corrected chi connectivity index (χ0v) is 12.4. The SMILES string of the molecule is CC(C)(C)NCCCc1ncc(C2CCCCO2)o1. The van der Waals surface area contributed by atoms with Crippen molar-refractivity contribution in [3.05, 3.63) is 17.8 Å². The second kappa shape index (κ2) is 6.53. The highest BCUT2D eigenvalue weighted by molar-refractivity contribution is 4.99. The van der Waals surface area contributed by atoms with Crippen LogP contribution in [0.5, 0.6) is 0 Å². The number of nitrogens with one attached hydrogen (secondary N) is 1. The fraction of sp³-hybridized carbons (Fsp3) is 0.800. The van der Waals surface area contributed by atoms with Gasteiger partial charge in [-0.3, -0.25) is 0 Å². The summed E-state index contributed by atoms with van der Waals surface area (Å²) in [6.07, 6.45) is 7.33. The van der Waals surface area contributed by atoms with Crippen LogP contribution in [0.2, 0.25) is 0 Å². The van der Waals surface area contributed by atoms with Crippen molar-refractivity contribution in [3.8, 4) is 0 Å². The largest absolute Gasteiger partial charge is 0.443 e. The zero-order valence-electron chi connectivity index (χ0n) is 12.4. The highest BCUT2D eigenvalue weighted by atomic mass is 16.5. The second-order valence-electron chi connectivity index (χ2n) is 6.29. The molecule has 1 aromatic heterocycles. The smallest absolute Gasteiger partial charge is 0.194 e. The fourth-order valence-electron chi connectivity index (χ4n) is 2.26. The van der Waals surface area contributed by atoms with Gasteiger partial charge in [0.25, 0.3) is 0 Å². The first-order chi connectivity index (χ1) is 9.04. The molecule has 4 heteroatoms. The van der Waals surface area contributed by atoms with Crippen LogP contribution in [-0.4, -0.2) is 23.7 Å². The molecule has 0 saturated carbocycles. The Labute approximate surface area is 115 Å². The molecule has 1 fully saturated rings. The number of aryl methyl sites for hydroxylation is 1. The van der Waals surface area contributed by atoms with Crippen molar-refractivity contribution in [2.45, 2.75) is 64.5 Å². The molecule has 1 atom stereocenters. The van der Waals surface area contributed by atoms with Gasteiger partial charge in [-0.1, -0.05) is 0 Å². The molecule has 0 bridgehead atoms. The molecule has 0 radical (unpaired) electrons. The quantitative estimate of drug-likeness (QED) is 0.831. The molecule has 0 aromatic carbocycles. The molecule has 1 aromatic rings. The molecule has 19 heavy (non-hydrogen) atoms. The van der Waals surface area contributed by atoms with Crippen molar-refractivity contribution in [2.24, 2.45) is 0 Å². The molecule has 108 valence electrons. The van der Waals surface area contributed by atoms with E-state index in [0.717, 1.165) is 50.5 Å². The number of rotatable bonds is 5. The minimum atomic E-state index is 0.128. The van der Waals surface area contributed by atoms with Crippen LogP contribution in [0.1, 0.15) is 64.2 Å². The molecule has 1 N–H and O–H groups in total. The average molecular weight is 266 g/mol. The van der Waals surface area contributed by atoms with Crippen LogP contribution in [0.15, 0.2) is 10.6 Å². The predicted molar refractivity (Wildman–Crippen MR) is 75.1 cm³/mol. The summed E-state index contributed by atoms with van der Waals surface area (Å²) >= 11 is 0. The molecule has 0 spiro atoms. The first-order valence-corrected chi connectivity index (χ1v) is 7.36. The molecule has 0 aliphatic carbocycles. The molecule has 1 aliphatic heterocycles. The van der Waals surface area contributed by atoms with E-state index in [4.69, 9.17) is 9.15 Å².